The lowest BCUT2D eigenvalue weighted by molar-refractivity contribution is 0.0233. The molecule has 0 aliphatic rings. The van der Waals surface area contributed by atoms with Crippen LogP contribution in [0.2, 0.25) is 0 Å². The van der Waals surface area contributed by atoms with Gasteiger partial charge >= 0.3 is 0 Å². The van der Waals surface area contributed by atoms with Gasteiger partial charge in [-0.05, 0) is 44.7 Å². The summed E-state index contributed by atoms with van der Waals surface area (Å²) in [4.78, 5) is 0. The molecular formula is C16H35NO. The Bertz CT molecular complexity index is 190. The molecule has 18 heavy (non-hydrogen) atoms. The van der Waals surface area contributed by atoms with Crippen molar-refractivity contribution in [3.05, 3.63) is 0 Å². The molecule has 0 aromatic carbocycles. The highest BCUT2D eigenvalue weighted by Crippen LogP contribution is 2.26. The molecule has 0 spiro atoms. The van der Waals surface area contributed by atoms with Crippen molar-refractivity contribution in [3.8, 4) is 0 Å². The number of hydrogen-bond acceptors (Lipinski definition) is 2. The van der Waals surface area contributed by atoms with E-state index >= 15 is 0 Å². The van der Waals surface area contributed by atoms with E-state index in [0.29, 0.717) is 11.8 Å². The van der Waals surface area contributed by atoms with Crippen molar-refractivity contribution in [1.82, 2.24) is 5.32 Å². The Morgan fingerprint density at radius 2 is 1.89 bits per heavy atom. The van der Waals surface area contributed by atoms with Gasteiger partial charge in [-0.3, -0.25) is 0 Å². The van der Waals surface area contributed by atoms with Crippen molar-refractivity contribution >= 4 is 0 Å². The van der Waals surface area contributed by atoms with E-state index in [2.05, 4.69) is 33.0 Å². The fourth-order valence-electron chi connectivity index (χ4n) is 2.42. The second-order valence-corrected chi connectivity index (χ2v) is 6.47. The molecule has 0 aliphatic heterocycles. The van der Waals surface area contributed by atoms with E-state index in [1.807, 2.05) is 6.92 Å². The number of aliphatic hydroxyl groups is 1. The molecule has 0 amide bonds. The van der Waals surface area contributed by atoms with Gasteiger partial charge in [-0.25, -0.2) is 0 Å². The summed E-state index contributed by atoms with van der Waals surface area (Å²) in [5.41, 5.74) is -0.502. The van der Waals surface area contributed by atoms with Crippen molar-refractivity contribution in [1.29, 1.82) is 0 Å². The molecule has 2 heteroatoms. The zero-order valence-electron chi connectivity index (χ0n) is 13.3. The van der Waals surface area contributed by atoms with E-state index in [0.717, 1.165) is 25.9 Å². The number of nitrogens with one attached hydrogen (secondary N) is 1. The van der Waals surface area contributed by atoms with Crippen molar-refractivity contribution in [2.75, 3.05) is 13.1 Å². The van der Waals surface area contributed by atoms with Gasteiger partial charge in [-0.15, -0.1) is 0 Å². The normalized spacial score (nSPS) is 16.8. The third-order valence-corrected chi connectivity index (χ3v) is 3.66. The Balaban J connectivity index is 3.87. The van der Waals surface area contributed by atoms with Crippen LogP contribution in [0, 0.1) is 11.8 Å². The van der Waals surface area contributed by atoms with E-state index in [9.17, 15) is 5.11 Å². The van der Waals surface area contributed by atoms with Crippen LogP contribution in [0.5, 0.6) is 0 Å². The van der Waals surface area contributed by atoms with Gasteiger partial charge in [0.1, 0.15) is 0 Å². The van der Waals surface area contributed by atoms with E-state index in [1.54, 1.807) is 0 Å². The predicted molar refractivity (Wildman–Crippen MR) is 80.9 cm³/mol. The summed E-state index contributed by atoms with van der Waals surface area (Å²) in [6.45, 7) is 12.9. The Kier molecular flexibility index (Phi) is 9.76. The van der Waals surface area contributed by atoms with Gasteiger partial charge in [0.25, 0.3) is 0 Å². The minimum Gasteiger partial charge on any atom is -0.390 e. The van der Waals surface area contributed by atoms with Crippen LogP contribution >= 0.6 is 0 Å². The molecular weight excluding hydrogens is 222 g/mol. The van der Waals surface area contributed by atoms with Crippen LogP contribution in [0.3, 0.4) is 0 Å². The summed E-state index contributed by atoms with van der Waals surface area (Å²) >= 11 is 0. The van der Waals surface area contributed by atoms with Gasteiger partial charge in [0.05, 0.1) is 5.60 Å². The SMILES string of the molecule is CCCCC(CC)CC(C)(O)CCNCC(C)C. The van der Waals surface area contributed by atoms with Crippen LogP contribution in [-0.2, 0) is 0 Å². The molecule has 0 heterocycles. The molecule has 2 N–H and O–H groups in total. The number of hydrogen-bond donors (Lipinski definition) is 2. The lowest BCUT2D eigenvalue weighted by Crippen LogP contribution is -2.33. The van der Waals surface area contributed by atoms with E-state index in [1.165, 1.54) is 25.7 Å². The average molecular weight is 257 g/mol. The smallest absolute Gasteiger partial charge is 0.0634 e. The Morgan fingerprint density at radius 3 is 2.39 bits per heavy atom. The highest BCUT2D eigenvalue weighted by atomic mass is 16.3. The van der Waals surface area contributed by atoms with Crippen LogP contribution in [0.15, 0.2) is 0 Å². The second-order valence-electron chi connectivity index (χ2n) is 6.47. The molecule has 0 saturated heterocycles. The van der Waals surface area contributed by atoms with Gasteiger partial charge in [0.15, 0.2) is 0 Å². The zero-order valence-corrected chi connectivity index (χ0v) is 13.3. The predicted octanol–water partition coefficient (Wildman–Crippen LogP) is 3.98. The van der Waals surface area contributed by atoms with Crippen LogP contribution in [0.4, 0.5) is 0 Å². The lowest BCUT2D eigenvalue weighted by Gasteiger charge is -2.28. The molecule has 2 nitrogen and oxygen atoms in total. The molecule has 2 unspecified atom stereocenters. The molecule has 0 aliphatic carbocycles. The summed E-state index contributed by atoms with van der Waals surface area (Å²) in [6.07, 6.45) is 6.82. The van der Waals surface area contributed by atoms with Crippen LogP contribution in [0.1, 0.15) is 73.1 Å². The standard InChI is InChI=1S/C16H35NO/c1-6-8-9-15(7-2)12-16(5,18)10-11-17-13-14(3)4/h14-15,17-18H,6-13H2,1-5H3. The minimum absolute atomic E-state index is 0.502. The average Bonchev–Trinajstić information content (AvgIpc) is 2.30. The highest BCUT2D eigenvalue weighted by Gasteiger charge is 2.23. The van der Waals surface area contributed by atoms with Crippen molar-refractivity contribution in [2.24, 2.45) is 11.8 Å². The topological polar surface area (TPSA) is 32.3 Å². The Morgan fingerprint density at radius 1 is 1.22 bits per heavy atom. The summed E-state index contributed by atoms with van der Waals surface area (Å²) in [5.74, 6) is 1.37. The lowest BCUT2D eigenvalue weighted by atomic mass is 9.85. The van der Waals surface area contributed by atoms with Crippen molar-refractivity contribution < 1.29 is 5.11 Å². The summed E-state index contributed by atoms with van der Waals surface area (Å²) in [7, 11) is 0. The largest absolute Gasteiger partial charge is 0.390 e. The molecule has 0 rings (SSSR count). The molecule has 0 aromatic rings. The third kappa shape index (κ3) is 9.90. The molecule has 0 bridgehead atoms. The number of rotatable bonds is 11. The quantitative estimate of drug-likeness (QED) is 0.549. The Hall–Kier alpha value is -0.0800. The Labute approximate surface area is 115 Å². The van der Waals surface area contributed by atoms with Crippen LogP contribution in [0.25, 0.3) is 0 Å². The van der Waals surface area contributed by atoms with E-state index in [-0.39, 0.29) is 0 Å². The van der Waals surface area contributed by atoms with Crippen LogP contribution < -0.4 is 5.32 Å². The third-order valence-electron chi connectivity index (χ3n) is 3.66. The summed E-state index contributed by atoms with van der Waals surface area (Å²) in [5, 5.41) is 13.9. The van der Waals surface area contributed by atoms with Crippen molar-refractivity contribution in [2.45, 2.75) is 78.7 Å². The molecule has 110 valence electrons. The van der Waals surface area contributed by atoms with E-state index < -0.39 is 5.60 Å². The van der Waals surface area contributed by atoms with Gasteiger partial charge in [0.2, 0.25) is 0 Å². The first kappa shape index (κ1) is 17.9. The molecule has 0 aromatic heterocycles. The minimum atomic E-state index is -0.502. The van der Waals surface area contributed by atoms with E-state index in [4.69, 9.17) is 0 Å². The van der Waals surface area contributed by atoms with Gasteiger partial charge in [-0.1, -0.05) is 53.4 Å². The molecule has 0 fully saturated rings. The fourth-order valence-corrected chi connectivity index (χ4v) is 2.42. The fraction of sp³-hybridized carbons (Fsp3) is 1.00. The molecule has 2 atom stereocenters. The zero-order chi connectivity index (χ0) is 14.0. The number of unbranched alkanes of at least 4 members (excludes halogenated alkanes) is 1. The first-order valence-corrected chi connectivity index (χ1v) is 7.84. The molecule has 0 radical (unpaired) electrons. The maximum atomic E-state index is 10.4. The van der Waals surface area contributed by atoms with Gasteiger partial charge < -0.3 is 10.4 Å². The maximum Gasteiger partial charge on any atom is 0.0634 e. The first-order valence-electron chi connectivity index (χ1n) is 7.84. The van der Waals surface area contributed by atoms with Crippen molar-refractivity contribution in [3.63, 3.8) is 0 Å². The highest BCUT2D eigenvalue weighted by molar-refractivity contribution is 4.77. The monoisotopic (exact) mass is 257 g/mol. The van der Waals surface area contributed by atoms with Crippen LogP contribution in [-0.4, -0.2) is 23.8 Å². The molecule has 0 saturated carbocycles. The van der Waals surface area contributed by atoms with Gasteiger partial charge in [0, 0.05) is 0 Å². The van der Waals surface area contributed by atoms with Gasteiger partial charge in [-0.2, -0.15) is 0 Å². The maximum absolute atomic E-state index is 10.4. The first-order chi connectivity index (χ1) is 8.41. The summed E-state index contributed by atoms with van der Waals surface area (Å²) < 4.78 is 0. The second kappa shape index (κ2) is 9.80. The summed E-state index contributed by atoms with van der Waals surface area (Å²) in [6, 6.07) is 0.